The fourth-order valence-electron chi connectivity index (χ4n) is 20.5. The lowest BCUT2D eigenvalue weighted by molar-refractivity contribution is -0.145. The van der Waals surface area contributed by atoms with Crippen molar-refractivity contribution in [1.29, 1.82) is 0 Å². The van der Waals surface area contributed by atoms with E-state index in [1.165, 1.54) is 12.1 Å². The number of carboxylic acid groups (broad SMARTS) is 1. The average Bonchev–Trinajstić information content (AvgIpc) is 1.66. The Morgan fingerprint density at radius 2 is 0.840 bits per heavy atom. The van der Waals surface area contributed by atoms with Crippen molar-refractivity contribution in [3.05, 3.63) is 109 Å². The van der Waals surface area contributed by atoms with Crippen LogP contribution < -0.4 is 0 Å². The molecule has 0 unspecified atom stereocenters. The van der Waals surface area contributed by atoms with Crippen LogP contribution in [-0.2, 0) is 88.9 Å². The quantitative estimate of drug-likeness (QED) is 0.0368. The van der Waals surface area contributed by atoms with Crippen LogP contribution >= 0.6 is 0 Å². The molecule has 0 radical (unpaired) electrons. The number of carbonyl (C=O) groups is 1. The molecule has 0 saturated carbocycles. The van der Waals surface area contributed by atoms with E-state index in [0.717, 1.165) is 130 Å². The fraction of sp³-hybridized carbons (Fsp3) is 0.796. The van der Waals surface area contributed by atoms with Crippen molar-refractivity contribution in [2.45, 2.75) is 462 Å². The largest absolute Gasteiger partial charge is 0.480 e. The summed E-state index contributed by atoms with van der Waals surface area (Å²) in [5.41, 5.74) is 3.96. The summed E-state index contributed by atoms with van der Waals surface area (Å²) in [6.45, 7) is 79.2. The normalized spacial score (nSPS) is 28.5. The Balaban J connectivity index is 1.14. The highest BCUT2D eigenvalue weighted by Gasteiger charge is 2.69. The van der Waals surface area contributed by atoms with E-state index in [9.17, 15) is 13.5 Å². The number of hydrogen-bond acceptors (Lipinski definition) is 19. The van der Waals surface area contributed by atoms with Gasteiger partial charge in [0.05, 0.1) is 126 Å². The highest BCUT2D eigenvalue weighted by atomic mass is 32.2. The van der Waals surface area contributed by atoms with Crippen molar-refractivity contribution in [3.63, 3.8) is 0 Å². The molecule has 0 aliphatic carbocycles. The van der Waals surface area contributed by atoms with Gasteiger partial charge in [-0.25, -0.2) is 16.8 Å². The zero-order valence-corrected chi connectivity index (χ0v) is 94.6. The number of ether oxygens (including phenoxy) is 8. The zero-order valence-electron chi connectivity index (χ0n) is 87.0. The van der Waals surface area contributed by atoms with Crippen molar-refractivity contribution >= 4 is 75.5 Å². The van der Waals surface area contributed by atoms with Gasteiger partial charge in [-0.3, -0.25) is 4.79 Å². The minimum absolute atomic E-state index is 0.00255. The number of hydrogen-bond donors (Lipinski definition) is 1. The molecule has 6 aliphatic heterocycles. The summed E-state index contributed by atoms with van der Waals surface area (Å²) in [4.78, 5) is 16.1. The van der Waals surface area contributed by atoms with Crippen LogP contribution in [0.3, 0.4) is 0 Å². The Bertz CT molecular complexity index is 4200. The first-order valence-corrected chi connectivity index (χ1v) is 70.1. The molecule has 6 heterocycles. The third kappa shape index (κ3) is 28.1. The topological polar surface area (TPSA) is 235 Å². The summed E-state index contributed by atoms with van der Waals surface area (Å²) >= 11 is 0. The van der Waals surface area contributed by atoms with Crippen molar-refractivity contribution in [1.82, 2.24) is 0 Å². The van der Waals surface area contributed by atoms with Crippen LogP contribution in [-0.4, -0.2) is 227 Å². The molecule has 131 heavy (non-hydrogen) atoms. The lowest BCUT2D eigenvalue weighted by Gasteiger charge is -2.48. The van der Waals surface area contributed by atoms with E-state index in [1.807, 2.05) is 33.0 Å². The minimum Gasteiger partial charge on any atom is -0.480 e. The van der Waals surface area contributed by atoms with E-state index < -0.39 is 165 Å². The van der Waals surface area contributed by atoms with E-state index >= 15 is 13.2 Å². The van der Waals surface area contributed by atoms with Crippen molar-refractivity contribution in [3.8, 4) is 0 Å². The Morgan fingerprint density at radius 3 is 1.23 bits per heavy atom. The molecule has 0 spiro atoms. The summed E-state index contributed by atoms with van der Waals surface area (Å²) in [7, 11) is -20.5. The fourth-order valence-corrected chi connectivity index (χ4v) is 35.5. The van der Waals surface area contributed by atoms with E-state index in [0.29, 0.717) is 25.7 Å². The predicted molar refractivity (Wildman–Crippen MR) is 547 cm³/mol. The van der Waals surface area contributed by atoms with Crippen LogP contribution in [0.4, 0.5) is 0 Å². The monoisotopic (exact) mass is 1970 g/mol. The number of aliphatic carboxylic acids is 1. The standard InChI is InChI=1S/C103H182O20S2Si6/c1-34-130(35-2,36-3)112-58-46-48-78-62-74(9)87(116-78)56-54-80-60-72(7)76(11)89(118-80)66-91-86(70-124(106,107)84-50-42-40-43-51-84)96(110-24)93(120-91)64-82(122-127(28,29)100(16,17)18)69-115-129(32,33)102(22,23)71-103(98(104)105,125(108,109)85-52-44-41-45-53-85)95-92(121-94(97(95)111-25)65-83(123-128(30,31)101(19,20)21)68-114-126(26,27)99(13,14)15)67-90-77(12)73(8)61-81(119-90)55-57-88-75(10)63-79(117-88)49-47-59-113-131(37-4,38-5)39-6/h40-45,50-53,72-73,78-83,86-97H,9-12,34-39,46-49,54-71H2,1-8,13-33H3,(H,104,105)/t72-,73-,78+,79+,80+,81+,82+,83+,86+,87+,88+,89-,90-,91+,92+,93-,94-,95+,96-,97+,103-/m1/s1. The van der Waals surface area contributed by atoms with E-state index in [-0.39, 0.29) is 112 Å². The number of benzene rings is 2. The second kappa shape index (κ2) is 46.9. The van der Waals surface area contributed by atoms with Crippen molar-refractivity contribution in [2.24, 2.45) is 23.7 Å². The van der Waals surface area contributed by atoms with Gasteiger partial charge in [-0.05, 0) is 251 Å². The lowest BCUT2D eigenvalue weighted by atomic mass is 9.75. The summed E-state index contributed by atoms with van der Waals surface area (Å²) < 4.78 is 161. The lowest BCUT2D eigenvalue weighted by Crippen LogP contribution is -2.62. The highest BCUT2D eigenvalue weighted by Crippen LogP contribution is 2.57. The van der Waals surface area contributed by atoms with Crippen molar-refractivity contribution < 1.29 is 91.2 Å². The van der Waals surface area contributed by atoms with Gasteiger partial charge in [0.15, 0.2) is 74.3 Å². The first kappa shape index (κ1) is 114. The number of rotatable bonds is 52. The molecular formula is C103H182O20S2Si6. The van der Waals surface area contributed by atoms with Gasteiger partial charge < -0.3 is 69.6 Å². The molecule has 21 atom stereocenters. The molecule has 2 aromatic carbocycles. The third-order valence-electron chi connectivity index (χ3n) is 33.6. The van der Waals surface area contributed by atoms with Crippen LogP contribution in [0.15, 0.2) is 119 Å². The van der Waals surface area contributed by atoms with E-state index in [1.54, 1.807) is 56.7 Å². The predicted octanol–water partition coefficient (Wildman–Crippen LogP) is 24.6. The summed E-state index contributed by atoms with van der Waals surface area (Å²) in [6, 6.07) is 23.3. The van der Waals surface area contributed by atoms with Gasteiger partial charge in [-0.15, -0.1) is 0 Å². The summed E-state index contributed by atoms with van der Waals surface area (Å²) in [5.74, 6) is -3.78. The van der Waals surface area contributed by atoms with Gasteiger partial charge in [0.25, 0.3) is 0 Å². The minimum atomic E-state index is -5.01. The van der Waals surface area contributed by atoms with Crippen LogP contribution in [0.25, 0.3) is 0 Å². The van der Waals surface area contributed by atoms with Crippen molar-refractivity contribution in [2.75, 3.05) is 46.4 Å². The molecule has 2 aromatic rings. The van der Waals surface area contributed by atoms with Gasteiger partial charge in [-0.1, -0.05) is 194 Å². The van der Waals surface area contributed by atoms with Gasteiger partial charge in [0.1, 0.15) is 0 Å². The van der Waals surface area contributed by atoms with Gasteiger partial charge in [-0.2, -0.15) is 0 Å². The zero-order chi connectivity index (χ0) is 97.9. The van der Waals surface area contributed by atoms with Gasteiger partial charge in [0.2, 0.25) is 0 Å². The molecule has 0 amide bonds. The average molecular weight is 1970 g/mol. The number of methoxy groups -OCH3 is 2. The summed E-state index contributed by atoms with van der Waals surface area (Å²) in [6.07, 6.45) is 1.96. The molecular weight excluding hydrogens is 1790 g/mol. The molecule has 20 nitrogen and oxygen atoms in total. The van der Waals surface area contributed by atoms with Gasteiger partial charge in [0, 0.05) is 65.0 Å². The van der Waals surface area contributed by atoms with E-state index in [4.69, 9.17) is 71.0 Å². The Hall–Kier alpha value is -2.49. The molecule has 6 fully saturated rings. The maximum absolute atomic E-state index is 17.1. The smallest absolute Gasteiger partial charge is 0.325 e. The van der Waals surface area contributed by atoms with Crippen LogP contribution in [0.1, 0.15) is 241 Å². The molecule has 750 valence electrons. The molecule has 8 rings (SSSR count). The van der Waals surface area contributed by atoms with Crippen LogP contribution in [0.2, 0.25) is 109 Å². The van der Waals surface area contributed by atoms with Crippen LogP contribution in [0.5, 0.6) is 0 Å². The van der Waals surface area contributed by atoms with E-state index in [2.05, 4.69) is 177 Å². The highest BCUT2D eigenvalue weighted by molar-refractivity contribution is 7.93. The van der Waals surface area contributed by atoms with Gasteiger partial charge >= 0.3 is 5.97 Å². The number of sulfone groups is 2. The first-order valence-electron chi connectivity index (χ1n) is 50.3. The Labute approximate surface area is 802 Å². The van der Waals surface area contributed by atoms with Crippen LogP contribution in [0, 0.1) is 23.7 Å². The molecule has 0 aromatic heterocycles. The summed E-state index contributed by atoms with van der Waals surface area (Å²) in [5, 5.41) is 11.2. The third-order valence-corrected chi connectivity index (χ3v) is 65.1. The maximum atomic E-state index is 17.1. The number of carboxylic acids is 1. The molecule has 1 N–H and O–H groups in total. The second-order valence-electron chi connectivity index (χ2n) is 45.8. The SMILES string of the molecule is C=C1C[C@H](CCCO[Si](CC)(CC)CC)O[C@H]1CC[C@H]1C[C@@H](C)C(=C)[C@@H](C[C@@H]2O[C@H](C[C@@H](CO[Si](C)(C)C(C)(C)C[C@](C(=O)O)([C@@H]3[C@@H](OC)[C@@H](C[C@@H](CO[Si](C)(C)C(C)(C)C)O[Si](C)(C)C(C)(C)C)O[C@H]3C[C@H]3O[C@@H](CC[C@@H]4O[C@@H](CCCO[Si](CC)(CC)CC)CC4=C)C[C@@H](C)C3=C)S(=O)(=O)c3ccccc3)O[Si](C)(C)C(C)(C)C)[C@H](OC)[C@H]2CS(=O)(=O)c2ccccc2)O1. The second-order valence-corrected chi connectivity index (χ2v) is 78.6. The molecule has 6 saturated heterocycles. The Morgan fingerprint density at radius 1 is 0.466 bits per heavy atom. The molecule has 28 heteroatoms. The maximum Gasteiger partial charge on any atom is 0.325 e. The molecule has 6 aliphatic rings. The Kier molecular flexibility index (Phi) is 40.8. The first-order chi connectivity index (χ1) is 60.9. The molecule has 0 bridgehead atoms.